The highest BCUT2D eigenvalue weighted by Crippen LogP contribution is 2.14. The second-order valence-corrected chi connectivity index (χ2v) is 6.76. The summed E-state index contributed by atoms with van der Waals surface area (Å²) in [6.45, 7) is 11.0. The molecule has 120 valence electrons. The number of likely N-dealkylation sites (N-methyl/N-ethyl adjacent to an activating group) is 1. The molecule has 0 aromatic heterocycles. The number of hydrogen-bond donors (Lipinski definition) is 2. The van der Waals surface area contributed by atoms with Crippen LogP contribution in [0.5, 0.6) is 0 Å². The van der Waals surface area contributed by atoms with Gasteiger partial charge in [-0.25, -0.2) is 0 Å². The van der Waals surface area contributed by atoms with Gasteiger partial charge >= 0.3 is 0 Å². The number of nitrogens with zero attached hydrogens (tertiary/aromatic N) is 1. The second-order valence-electron chi connectivity index (χ2n) is 6.76. The summed E-state index contributed by atoms with van der Waals surface area (Å²) in [5.41, 5.74) is 2.95. The maximum Gasteiger partial charge on any atom is 0.276 e. The molecule has 0 saturated carbocycles. The number of nitriles is 1. The minimum atomic E-state index is -0.808. The summed E-state index contributed by atoms with van der Waals surface area (Å²) in [5.74, 6) is -0.0129. The van der Waals surface area contributed by atoms with Crippen molar-refractivity contribution in [2.24, 2.45) is 5.92 Å². The SMILES string of the molecule is Cc1ccc(C[NH+](C)CC(=O)N[C@@](C)(C#N)C(C)C)c(C)c1. The van der Waals surface area contributed by atoms with Crippen LogP contribution in [0, 0.1) is 31.1 Å². The molecule has 0 spiro atoms. The Morgan fingerprint density at radius 3 is 2.55 bits per heavy atom. The Kier molecular flexibility index (Phi) is 6.13. The first-order chi connectivity index (χ1) is 10.2. The Hall–Kier alpha value is -1.86. The van der Waals surface area contributed by atoms with Crippen molar-refractivity contribution >= 4 is 5.91 Å². The average molecular weight is 302 g/mol. The van der Waals surface area contributed by atoms with Crippen molar-refractivity contribution in [1.82, 2.24) is 5.32 Å². The van der Waals surface area contributed by atoms with E-state index < -0.39 is 5.54 Å². The lowest BCUT2D eigenvalue weighted by molar-refractivity contribution is -0.885. The number of amides is 1. The lowest BCUT2D eigenvalue weighted by atomic mass is 9.90. The van der Waals surface area contributed by atoms with Crippen molar-refractivity contribution < 1.29 is 9.69 Å². The number of benzene rings is 1. The normalized spacial score (nSPS) is 15.0. The molecule has 0 aliphatic carbocycles. The van der Waals surface area contributed by atoms with Crippen molar-refractivity contribution in [1.29, 1.82) is 5.26 Å². The molecule has 0 aliphatic heterocycles. The molecule has 22 heavy (non-hydrogen) atoms. The van der Waals surface area contributed by atoms with Crippen molar-refractivity contribution in [3.8, 4) is 6.07 Å². The van der Waals surface area contributed by atoms with Gasteiger partial charge in [0.1, 0.15) is 12.1 Å². The third kappa shape index (κ3) is 4.85. The van der Waals surface area contributed by atoms with Crippen LogP contribution in [-0.4, -0.2) is 25.0 Å². The summed E-state index contributed by atoms with van der Waals surface area (Å²) in [7, 11) is 2.00. The van der Waals surface area contributed by atoms with E-state index in [1.807, 2.05) is 20.9 Å². The van der Waals surface area contributed by atoms with Crippen molar-refractivity contribution in [3.63, 3.8) is 0 Å². The van der Waals surface area contributed by atoms with Crippen LogP contribution in [0.3, 0.4) is 0 Å². The molecule has 1 unspecified atom stereocenters. The van der Waals surface area contributed by atoms with E-state index in [9.17, 15) is 10.1 Å². The van der Waals surface area contributed by atoms with Gasteiger partial charge in [-0.1, -0.05) is 37.6 Å². The third-order valence-corrected chi connectivity index (χ3v) is 4.24. The monoisotopic (exact) mass is 302 g/mol. The number of quaternary nitrogens is 1. The first-order valence-electron chi connectivity index (χ1n) is 7.77. The smallest absolute Gasteiger partial charge is 0.276 e. The van der Waals surface area contributed by atoms with E-state index in [1.54, 1.807) is 6.92 Å². The fraction of sp³-hybridized carbons (Fsp3) is 0.556. The molecular weight excluding hydrogens is 274 g/mol. The topological polar surface area (TPSA) is 57.3 Å². The predicted molar refractivity (Wildman–Crippen MR) is 88.4 cm³/mol. The van der Waals surface area contributed by atoms with Gasteiger partial charge in [-0.3, -0.25) is 4.79 Å². The summed E-state index contributed by atoms with van der Waals surface area (Å²) in [6, 6.07) is 8.59. The van der Waals surface area contributed by atoms with Gasteiger partial charge in [0.2, 0.25) is 0 Å². The molecule has 0 heterocycles. The van der Waals surface area contributed by atoms with Gasteiger partial charge in [0.25, 0.3) is 5.91 Å². The van der Waals surface area contributed by atoms with E-state index in [0.29, 0.717) is 6.54 Å². The zero-order chi connectivity index (χ0) is 16.9. The van der Waals surface area contributed by atoms with Crippen molar-refractivity contribution in [3.05, 3.63) is 34.9 Å². The number of carbonyl (C=O) groups is 1. The fourth-order valence-corrected chi connectivity index (χ4v) is 2.34. The number of nitrogens with one attached hydrogen (secondary N) is 2. The minimum absolute atomic E-state index is 0.0705. The second kappa shape index (κ2) is 7.42. The number of carbonyl (C=O) groups excluding carboxylic acids is 1. The molecule has 4 nitrogen and oxygen atoms in total. The van der Waals surface area contributed by atoms with Gasteiger partial charge in [-0.05, 0) is 32.3 Å². The lowest BCUT2D eigenvalue weighted by Gasteiger charge is -2.27. The summed E-state index contributed by atoms with van der Waals surface area (Å²) in [5, 5.41) is 12.1. The summed E-state index contributed by atoms with van der Waals surface area (Å²) in [4.78, 5) is 13.3. The molecule has 2 atom stereocenters. The molecule has 0 fully saturated rings. The van der Waals surface area contributed by atoms with E-state index >= 15 is 0 Å². The van der Waals surface area contributed by atoms with Crippen LogP contribution in [0.15, 0.2) is 18.2 Å². The van der Waals surface area contributed by atoms with Crippen LogP contribution in [0.25, 0.3) is 0 Å². The third-order valence-electron chi connectivity index (χ3n) is 4.24. The standard InChI is InChI=1S/C18H27N3O/c1-13(2)18(5,12-19)20-17(22)11-21(6)10-16-8-7-14(3)9-15(16)4/h7-9,13H,10-11H2,1-6H3,(H,20,22)/p+1/t18-/m0/s1. The van der Waals surface area contributed by atoms with Gasteiger partial charge in [0.15, 0.2) is 6.54 Å². The summed E-state index contributed by atoms with van der Waals surface area (Å²) >= 11 is 0. The zero-order valence-electron chi connectivity index (χ0n) is 14.6. The van der Waals surface area contributed by atoms with E-state index in [-0.39, 0.29) is 11.8 Å². The van der Waals surface area contributed by atoms with Crippen LogP contribution in [0.1, 0.15) is 37.5 Å². The van der Waals surface area contributed by atoms with Crippen LogP contribution in [0.2, 0.25) is 0 Å². The lowest BCUT2D eigenvalue weighted by Crippen LogP contribution is -3.09. The summed E-state index contributed by atoms with van der Waals surface area (Å²) in [6.07, 6.45) is 0. The highest BCUT2D eigenvalue weighted by Gasteiger charge is 2.30. The molecule has 0 saturated heterocycles. The summed E-state index contributed by atoms with van der Waals surface area (Å²) < 4.78 is 0. The molecule has 1 aromatic rings. The van der Waals surface area contributed by atoms with Gasteiger partial charge in [-0.15, -0.1) is 0 Å². The van der Waals surface area contributed by atoms with E-state index in [1.165, 1.54) is 16.7 Å². The zero-order valence-corrected chi connectivity index (χ0v) is 14.6. The Morgan fingerprint density at radius 1 is 1.41 bits per heavy atom. The highest BCUT2D eigenvalue weighted by atomic mass is 16.2. The molecule has 2 N–H and O–H groups in total. The minimum Gasteiger partial charge on any atom is -0.333 e. The van der Waals surface area contributed by atoms with E-state index in [0.717, 1.165) is 11.4 Å². The van der Waals surface area contributed by atoms with Crippen molar-refractivity contribution in [2.75, 3.05) is 13.6 Å². The molecular formula is C18H28N3O+. The number of rotatable bonds is 6. The van der Waals surface area contributed by atoms with Crippen LogP contribution in [-0.2, 0) is 11.3 Å². The number of hydrogen-bond acceptors (Lipinski definition) is 2. The first-order valence-corrected chi connectivity index (χ1v) is 7.77. The number of aryl methyl sites for hydroxylation is 2. The van der Waals surface area contributed by atoms with Gasteiger partial charge < -0.3 is 10.2 Å². The molecule has 1 aromatic carbocycles. The molecule has 0 bridgehead atoms. The highest BCUT2D eigenvalue weighted by molar-refractivity contribution is 5.78. The average Bonchev–Trinajstić information content (AvgIpc) is 2.41. The predicted octanol–water partition coefficient (Wildman–Crippen LogP) is 1.37. The van der Waals surface area contributed by atoms with E-state index in [2.05, 4.69) is 43.4 Å². The Balaban J connectivity index is 2.63. The molecule has 0 aliphatic rings. The van der Waals surface area contributed by atoms with Crippen LogP contribution < -0.4 is 10.2 Å². The van der Waals surface area contributed by atoms with Gasteiger partial charge in [0.05, 0.1) is 13.1 Å². The molecule has 1 rings (SSSR count). The molecule has 4 heteroatoms. The van der Waals surface area contributed by atoms with Crippen LogP contribution >= 0.6 is 0 Å². The Labute approximate surface area is 134 Å². The molecule has 1 amide bonds. The quantitative estimate of drug-likeness (QED) is 0.834. The van der Waals surface area contributed by atoms with Gasteiger partial charge in [-0.2, -0.15) is 5.26 Å². The van der Waals surface area contributed by atoms with Gasteiger partial charge in [0, 0.05) is 5.56 Å². The fourth-order valence-electron chi connectivity index (χ4n) is 2.34. The largest absolute Gasteiger partial charge is 0.333 e. The first kappa shape index (κ1) is 18.2. The Bertz CT molecular complexity index is 574. The maximum absolute atomic E-state index is 12.2. The van der Waals surface area contributed by atoms with Crippen molar-refractivity contribution in [2.45, 2.75) is 46.7 Å². The van der Waals surface area contributed by atoms with Crippen LogP contribution in [0.4, 0.5) is 0 Å². The Morgan fingerprint density at radius 2 is 2.05 bits per heavy atom. The van der Waals surface area contributed by atoms with E-state index in [4.69, 9.17) is 0 Å². The molecule has 0 radical (unpaired) electrons. The maximum atomic E-state index is 12.2.